The number of anilines is 2. The largest absolute Gasteiger partial charge is 0.397 e. The number of nitrogens with two attached hydrogens (primary N) is 2. The van der Waals surface area contributed by atoms with Gasteiger partial charge in [-0.1, -0.05) is 6.07 Å². The quantitative estimate of drug-likeness (QED) is 0.469. The summed E-state index contributed by atoms with van der Waals surface area (Å²) in [5, 5.41) is 8.94. The first-order valence-corrected chi connectivity index (χ1v) is 3.86. The minimum absolute atomic E-state index is 0.0888. The van der Waals surface area contributed by atoms with E-state index in [1.54, 1.807) is 12.1 Å². The van der Waals surface area contributed by atoms with Crippen molar-refractivity contribution in [3.8, 4) is 0 Å². The maximum Gasteiger partial charge on any atom is 0.198 e. The average Bonchev–Trinajstić information content (AvgIpc) is 2.47. The van der Waals surface area contributed by atoms with Crippen molar-refractivity contribution in [1.29, 1.82) is 0 Å². The monoisotopic (exact) mass is 178 g/mol. The van der Waals surface area contributed by atoms with Gasteiger partial charge in [-0.3, -0.25) is 0 Å². The minimum Gasteiger partial charge on any atom is -0.397 e. The summed E-state index contributed by atoms with van der Waals surface area (Å²) in [6.07, 6.45) is 0. The minimum atomic E-state index is -0.0888. The third-order valence-corrected chi connectivity index (χ3v) is 1.97. The predicted octanol–water partition coefficient (Wildman–Crippen LogP) is 0.220. The molecule has 1 aromatic carbocycles. The van der Waals surface area contributed by atoms with E-state index in [0.717, 1.165) is 5.52 Å². The number of aromatic amines is 1. The van der Waals surface area contributed by atoms with Crippen molar-refractivity contribution in [2.75, 3.05) is 11.5 Å². The van der Waals surface area contributed by atoms with Crippen LogP contribution in [0.4, 0.5) is 11.6 Å². The number of benzene rings is 1. The van der Waals surface area contributed by atoms with Gasteiger partial charge in [0, 0.05) is 5.56 Å². The van der Waals surface area contributed by atoms with Gasteiger partial charge in [-0.05, 0) is 6.07 Å². The fourth-order valence-corrected chi connectivity index (χ4v) is 1.30. The molecule has 0 bridgehead atoms. The number of H-pyrrole nitrogens is 1. The Morgan fingerprint density at radius 1 is 1.38 bits per heavy atom. The van der Waals surface area contributed by atoms with Crippen molar-refractivity contribution < 1.29 is 5.11 Å². The first-order valence-electron chi connectivity index (χ1n) is 3.86. The Hall–Kier alpha value is -1.75. The lowest BCUT2D eigenvalue weighted by Crippen LogP contribution is -1.94. The summed E-state index contributed by atoms with van der Waals surface area (Å²) in [5.41, 5.74) is 13.8. The van der Waals surface area contributed by atoms with Gasteiger partial charge in [0.05, 0.1) is 17.8 Å². The first-order chi connectivity index (χ1) is 6.22. The Bertz CT molecular complexity index is 449. The zero-order valence-corrected chi connectivity index (χ0v) is 6.91. The maximum atomic E-state index is 8.94. The van der Waals surface area contributed by atoms with Crippen molar-refractivity contribution in [2.45, 2.75) is 6.61 Å². The molecule has 0 aliphatic carbocycles. The molecule has 0 unspecified atom stereocenters. The summed E-state index contributed by atoms with van der Waals surface area (Å²) in [6, 6.07) is 3.54. The van der Waals surface area contributed by atoms with Crippen molar-refractivity contribution in [3.63, 3.8) is 0 Å². The molecule has 0 radical (unpaired) electrons. The van der Waals surface area contributed by atoms with Gasteiger partial charge in [0.2, 0.25) is 0 Å². The van der Waals surface area contributed by atoms with Gasteiger partial charge < -0.3 is 21.6 Å². The highest BCUT2D eigenvalue weighted by Crippen LogP contribution is 2.23. The molecule has 13 heavy (non-hydrogen) atoms. The van der Waals surface area contributed by atoms with Crippen molar-refractivity contribution in [1.82, 2.24) is 9.97 Å². The number of aliphatic hydroxyl groups is 1. The molecule has 0 aliphatic heterocycles. The smallest absolute Gasteiger partial charge is 0.198 e. The van der Waals surface area contributed by atoms with Crippen LogP contribution in [0.25, 0.3) is 11.0 Å². The lowest BCUT2D eigenvalue weighted by Gasteiger charge is -2.00. The van der Waals surface area contributed by atoms with Crippen LogP contribution in [0.2, 0.25) is 0 Å². The van der Waals surface area contributed by atoms with Gasteiger partial charge in [0.25, 0.3) is 0 Å². The molecular formula is C8H10N4O. The Morgan fingerprint density at radius 3 is 2.85 bits per heavy atom. The molecule has 0 spiro atoms. The Labute approximate surface area is 74.4 Å². The Balaban J connectivity index is 2.78. The van der Waals surface area contributed by atoms with E-state index < -0.39 is 0 Å². The van der Waals surface area contributed by atoms with Gasteiger partial charge in [-0.15, -0.1) is 0 Å². The van der Waals surface area contributed by atoms with Crippen LogP contribution in [-0.2, 0) is 6.61 Å². The van der Waals surface area contributed by atoms with Crippen LogP contribution >= 0.6 is 0 Å². The first kappa shape index (κ1) is 7.88. The molecule has 6 N–H and O–H groups in total. The highest BCUT2D eigenvalue weighted by atomic mass is 16.3. The molecule has 5 nitrogen and oxygen atoms in total. The molecule has 68 valence electrons. The Morgan fingerprint density at radius 2 is 2.15 bits per heavy atom. The molecule has 0 saturated heterocycles. The lowest BCUT2D eigenvalue weighted by atomic mass is 10.1. The fourth-order valence-electron chi connectivity index (χ4n) is 1.30. The lowest BCUT2D eigenvalue weighted by molar-refractivity contribution is 0.282. The van der Waals surface area contributed by atoms with Gasteiger partial charge in [-0.2, -0.15) is 0 Å². The van der Waals surface area contributed by atoms with Crippen LogP contribution in [0, 0.1) is 0 Å². The second-order valence-electron chi connectivity index (χ2n) is 2.81. The van der Waals surface area contributed by atoms with Crippen LogP contribution in [0.15, 0.2) is 12.1 Å². The topological polar surface area (TPSA) is 101 Å². The van der Waals surface area contributed by atoms with E-state index in [1.165, 1.54) is 0 Å². The number of imidazole rings is 1. The van der Waals surface area contributed by atoms with Crippen LogP contribution < -0.4 is 11.5 Å². The fraction of sp³-hybridized carbons (Fsp3) is 0.125. The van der Waals surface area contributed by atoms with Crippen LogP contribution in [-0.4, -0.2) is 15.1 Å². The normalized spacial score (nSPS) is 10.8. The van der Waals surface area contributed by atoms with Crippen molar-refractivity contribution >= 4 is 22.7 Å². The SMILES string of the molecule is Nc1nc2c(N)c(CO)ccc2[nH]1. The number of aromatic nitrogens is 2. The second kappa shape index (κ2) is 2.63. The summed E-state index contributed by atoms with van der Waals surface area (Å²) >= 11 is 0. The van der Waals surface area contributed by atoms with E-state index in [2.05, 4.69) is 9.97 Å². The molecule has 0 fully saturated rings. The molecule has 0 amide bonds. The highest BCUT2D eigenvalue weighted by Gasteiger charge is 2.06. The summed E-state index contributed by atoms with van der Waals surface area (Å²) in [4.78, 5) is 6.86. The standard InChI is InChI=1S/C8H10N4O/c9-6-4(3-13)1-2-5-7(6)12-8(10)11-5/h1-2,13H,3,9H2,(H3,10,11,12). The molecule has 0 aliphatic rings. The van der Waals surface area contributed by atoms with E-state index in [0.29, 0.717) is 22.7 Å². The van der Waals surface area contributed by atoms with Gasteiger partial charge in [0.1, 0.15) is 5.52 Å². The summed E-state index contributed by atoms with van der Waals surface area (Å²) in [5.74, 6) is 0.330. The van der Waals surface area contributed by atoms with Crippen LogP contribution in [0.5, 0.6) is 0 Å². The zero-order chi connectivity index (χ0) is 9.42. The summed E-state index contributed by atoms with van der Waals surface area (Å²) < 4.78 is 0. The van der Waals surface area contributed by atoms with E-state index in [-0.39, 0.29) is 6.61 Å². The number of nitrogens with zero attached hydrogens (tertiary/aromatic N) is 1. The zero-order valence-electron chi connectivity index (χ0n) is 6.91. The van der Waals surface area contributed by atoms with Gasteiger partial charge in [-0.25, -0.2) is 4.98 Å². The number of hydrogen-bond acceptors (Lipinski definition) is 4. The van der Waals surface area contributed by atoms with E-state index in [9.17, 15) is 0 Å². The maximum absolute atomic E-state index is 8.94. The van der Waals surface area contributed by atoms with Crippen LogP contribution in [0.1, 0.15) is 5.56 Å². The molecule has 0 atom stereocenters. The summed E-state index contributed by atoms with van der Waals surface area (Å²) in [7, 11) is 0. The number of nitrogens with one attached hydrogen (secondary N) is 1. The number of fused-ring (bicyclic) bond motifs is 1. The van der Waals surface area contributed by atoms with Gasteiger partial charge >= 0.3 is 0 Å². The molecule has 1 heterocycles. The third-order valence-electron chi connectivity index (χ3n) is 1.97. The predicted molar refractivity (Wildman–Crippen MR) is 50.8 cm³/mol. The molecular weight excluding hydrogens is 168 g/mol. The van der Waals surface area contributed by atoms with E-state index in [1.807, 2.05) is 0 Å². The Kier molecular flexibility index (Phi) is 1.60. The molecule has 0 saturated carbocycles. The number of aliphatic hydroxyl groups excluding tert-OH is 1. The number of hydrogen-bond donors (Lipinski definition) is 4. The number of nitrogen functional groups attached to an aromatic ring is 2. The van der Waals surface area contributed by atoms with Gasteiger partial charge in [0.15, 0.2) is 5.95 Å². The average molecular weight is 178 g/mol. The van der Waals surface area contributed by atoms with E-state index in [4.69, 9.17) is 16.6 Å². The summed E-state index contributed by atoms with van der Waals surface area (Å²) in [6.45, 7) is -0.0888. The molecule has 2 aromatic rings. The molecule has 2 rings (SSSR count). The molecule has 5 heteroatoms. The van der Waals surface area contributed by atoms with Crippen molar-refractivity contribution in [2.24, 2.45) is 0 Å². The highest BCUT2D eigenvalue weighted by molar-refractivity contribution is 5.90. The van der Waals surface area contributed by atoms with Crippen molar-refractivity contribution in [3.05, 3.63) is 17.7 Å². The molecule has 1 aromatic heterocycles. The number of rotatable bonds is 1. The van der Waals surface area contributed by atoms with E-state index >= 15 is 0 Å². The third kappa shape index (κ3) is 1.09. The van der Waals surface area contributed by atoms with Crippen LogP contribution in [0.3, 0.4) is 0 Å². The second-order valence-corrected chi connectivity index (χ2v) is 2.81.